The number of benzene rings is 2. The van der Waals surface area contributed by atoms with Gasteiger partial charge in [0.1, 0.15) is 5.82 Å². The van der Waals surface area contributed by atoms with Crippen LogP contribution in [0.1, 0.15) is 18.4 Å². The van der Waals surface area contributed by atoms with Gasteiger partial charge >= 0.3 is 0 Å². The monoisotopic (exact) mass is 332 g/mol. The molecule has 25 heavy (non-hydrogen) atoms. The molecule has 128 valence electrons. The number of piperidine rings is 1. The van der Waals surface area contributed by atoms with E-state index in [1.807, 2.05) is 29.1 Å². The molecule has 2 heterocycles. The lowest BCUT2D eigenvalue weighted by Crippen LogP contribution is -2.38. The van der Waals surface area contributed by atoms with E-state index in [2.05, 4.69) is 63.8 Å². The number of hydrogen-bond acceptors (Lipinski definition) is 3. The van der Waals surface area contributed by atoms with E-state index >= 15 is 0 Å². The van der Waals surface area contributed by atoms with E-state index in [-0.39, 0.29) is 0 Å². The van der Waals surface area contributed by atoms with Gasteiger partial charge in [0.05, 0.1) is 5.69 Å². The molecular weight excluding hydrogens is 308 g/mol. The van der Waals surface area contributed by atoms with Crippen LogP contribution in [0, 0.1) is 0 Å². The Bertz CT molecular complexity index is 774. The quantitative estimate of drug-likeness (QED) is 0.768. The molecule has 0 atom stereocenters. The Morgan fingerprint density at radius 2 is 1.56 bits per heavy atom. The molecule has 0 aliphatic carbocycles. The molecule has 4 rings (SSSR count). The molecule has 1 aromatic heterocycles. The Morgan fingerprint density at radius 3 is 2.28 bits per heavy atom. The third-order valence-electron chi connectivity index (χ3n) is 4.80. The molecule has 0 radical (unpaired) electrons. The highest BCUT2D eigenvalue weighted by atomic mass is 15.3. The topological polar surface area (TPSA) is 33.1 Å². The van der Waals surface area contributed by atoms with Crippen LogP contribution in [0.15, 0.2) is 72.9 Å². The van der Waals surface area contributed by atoms with Crippen molar-refractivity contribution in [3.63, 3.8) is 0 Å². The molecule has 2 aromatic carbocycles. The van der Waals surface area contributed by atoms with Gasteiger partial charge in [-0.25, -0.2) is 4.68 Å². The molecule has 0 amide bonds. The Morgan fingerprint density at radius 1 is 0.880 bits per heavy atom. The minimum atomic E-state index is 0.506. The van der Waals surface area contributed by atoms with E-state index in [1.54, 1.807) is 0 Å². The van der Waals surface area contributed by atoms with Crippen molar-refractivity contribution in [2.75, 3.05) is 18.4 Å². The van der Waals surface area contributed by atoms with Crippen molar-refractivity contribution >= 4 is 5.82 Å². The highest BCUT2D eigenvalue weighted by Gasteiger charge is 2.19. The van der Waals surface area contributed by atoms with Crippen LogP contribution >= 0.6 is 0 Å². The lowest BCUT2D eigenvalue weighted by molar-refractivity contribution is 0.211. The maximum atomic E-state index is 4.65. The second-order valence-corrected chi connectivity index (χ2v) is 6.66. The van der Waals surface area contributed by atoms with Crippen LogP contribution < -0.4 is 5.32 Å². The van der Waals surface area contributed by atoms with Gasteiger partial charge in [-0.15, -0.1) is 0 Å². The number of anilines is 1. The van der Waals surface area contributed by atoms with Crippen LogP contribution in [0.25, 0.3) is 5.69 Å². The molecular formula is C21H24N4. The number of likely N-dealkylation sites (tertiary alicyclic amines) is 1. The molecule has 1 N–H and O–H groups in total. The first-order valence-electron chi connectivity index (χ1n) is 9.01. The third-order valence-corrected chi connectivity index (χ3v) is 4.80. The second-order valence-electron chi connectivity index (χ2n) is 6.66. The molecule has 3 aromatic rings. The van der Waals surface area contributed by atoms with Gasteiger partial charge < -0.3 is 5.32 Å². The summed E-state index contributed by atoms with van der Waals surface area (Å²) in [6, 6.07) is 23.5. The molecule has 0 unspecified atom stereocenters. The van der Waals surface area contributed by atoms with E-state index in [0.717, 1.165) is 44.0 Å². The van der Waals surface area contributed by atoms with E-state index in [9.17, 15) is 0 Å². The van der Waals surface area contributed by atoms with Gasteiger partial charge in [0.15, 0.2) is 0 Å². The van der Waals surface area contributed by atoms with Crippen molar-refractivity contribution in [2.24, 2.45) is 0 Å². The molecule has 0 spiro atoms. The van der Waals surface area contributed by atoms with Crippen LogP contribution in [0.5, 0.6) is 0 Å². The average molecular weight is 332 g/mol. The second kappa shape index (κ2) is 7.53. The first-order valence-corrected chi connectivity index (χ1v) is 9.01. The SMILES string of the molecule is c1ccc(CN2CCC(Nc3ccn(-c4ccccc4)n3)CC2)cc1. The van der Waals surface area contributed by atoms with Gasteiger partial charge in [0.2, 0.25) is 0 Å². The van der Waals surface area contributed by atoms with Gasteiger partial charge in [0, 0.05) is 37.9 Å². The van der Waals surface area contributed by atoms with E-state index in [4.69, 9.17) is 0 Å². The number of hydrogen-bond donors (Lipinski definition) is 1. The maximum Gasteiger partial charge on any atom is 0.148 e. The molecule has 4 heteroatoms. The number of nitrogens with one attached hydrogen (secondary N) is 1. The van der Waals surface area contributed by atoms with E-state index < -0.39 is 0 Å². The standard InChI is InChI=1S/C21H24N4/c1-3-7-18(8-4-1)17-24-14-11-19(12-15-24)22-21-13-16-25(23-21)20-9-5-2-6-10-20/h1-10,13,16,19H,11-12,14-15,17H2,(H,22,23). The van der Waals surface area contributed by atoms with E-state index in [0.29, 0.717) is 6.04 Å². The highest BCUT2D eigenvalue weighted by Crippen LogP contribution is 2.18. The maximum absolute atomic E-state index is 4.65. The fourth-order valence-electron chi connectivity index (χ4n) is 3.41. The average Bonchev–Trinajstić information content (AvgIpc) is 3.14. The minimum Gasteiger partial charge on any atom is -0.366 e. The summed E-state index contributed by atoms with van der Waals surface area (Å²) in [4.78, 5) is 2.54. The summed E-state index contributed by atoms with van der Waals surface area (Å²) in [5.74, 6) is 0.963. The predicted molar refractivity (Wildman–Crippen MR) is 102 cm³/mol. The Balaban J connectivity index is 1.30. The first kappa shape index (κ1) is 15.9. The smallest absolute Gasteiger partial charge is 0.148 e. The molecule has 1 aliphatic heterocycles. The summed E-state index contributed by atoms with van der Waals surface area (Å²) in [6.45, 7) is 3.31. The summed E-state index contributed by atoms with van der Waals surface area (Å²) in [7, 11) is 0. The largest absolute Gasteiger partial charge is 0.366 e. The van der Waals surface area contributed by atoms with Crippen molar-refractivity contribution in [1.82, 2.24) is 14.7 Å². The van der Waals surface area contributed by atoms with Crippen LogP contribution in [0.2, 0.25) is 0 Å². The Kier molecular flexibility index (Phi) is 4.79. The zero-order chi connectivity index (χ0) is 16.9. The predicted octanol–water partition coefficient (Wildman–Crippen LogP) is 3.95. The van der Waals surface area contributed by atoms with Crippen molar-refractivity contribution in [1.29, 1.82) is 0 Å². The Labute approximate surface area is 149 Å². The summed E-state index contributed by atoms with van der Waals surface area (Å²) in [5.41, 5.74) is 2.49. The molecule has 4 nitrogen and oxygen atoms in total. The van der Waals surface area contributed by atoms with Gasteiger partial charge in [-0.2, -0.15) is 5.10 Å². The first-order chi connectivity index (χ1) is 12.4. The number of para-hydroxylation sites is 1. The molecule has 1 saturated heterocycles. The Hall–Kier alpha value is -2.59. The van der Waals surface area contributed by atoms with Crippen molar-refractivity contribution in [2.45, 2.75) is 25.4 Å². The normalized spacial score (nSPS) is 16.0. The summed E-state index contributed by atoms with van der Waals surface area (Å²) < 4.78 is 1.92. The van der Waals surface area contributed by atoms with Crippen molar-refractivity contribution in [3.05, 3.63) is 78.5 Å². The van der Waals surface area contributed by atoms with Crippen LogP contribution in [-0.2, 0) is 6.54 Å². The summed E-state index contributed by atoms with van der Waals surface area (Å²) in [5, 5.41) is 8.25. The molecule has 0 saturated carbocycles. The summed E-state index contributed by atoms with van der Waals surface area (Å²) >= 11 is 0. The van der Waals surface area contributed by atoms with Gasteiger partial charge in [0.25, 0.3) is 0 Å². The van der Waals surface area contributed by atoms with Crippen LogP contribution in [0.4, 0.5) is 5.82 Å². The zero-order valence-corrected chi connectivity index (χ0v) is 14.4. The summed E-state index contributed by atoms with van der Waals surface area (Å²) in [6.07, 6.45) is 4.33. The van der Waals surface area contributed by atoms with E-state index in [1.165, 1.54) is 5.56 Å². The van der Waals surface area contributed by atoms with Gasteiger partial charge in [-0.1, -0.05) is 48.5 Å². The molecule has 0 bridgehead atoms. The lowest BCUT2D eigenvalue weighted by Gasteiger charge is -2.32. The fourth-order valence-corrected chi connectivity index (χ4v) is 3.41. The zero-order valence-electron chi connectivity index (χ0n) is 14.4. The van der Waals surface area contributed by atoms with Gasteiger partial charge in [-0.05, 0) is 30.5 Å². The molecule has 1 fully saturated rings. The van der Waals surface area contributed by atoms with Crippen molar-refractivity contribution in [3.8, 4) is 5.69 Å². The highest BCUT2D eigenvalue weighted by molar-refractivity contribution is 5.38. The number of aromatic nitrogens is 2. The number of nitrogens with zero attached hydrogens (tertiary/aromatic N) is 3. The van der Waals surface area contributed by atoms with Gasteiger partial charge in [-0.3, -0.25) is 4.90 Å². The minimum absolute atomic E-state index is 0.506. The lowest BCUT2D eigenvalue weighted by atomic mass is 10.0. The van der Waals surface area contributed by atoms with Crippen molar-refractivity contribution < 1.29 is 0 Å². The third kappa shape index (κ3) is 4.09. The number of rotatable bonds is 5. The van der Waals surface area contributed by atoms with Crippen LogP contribution in [-0.4, -0.2) is 33.8 Å². The molecule has 1 aliphatic rings. The van der Waals surface area contributed by atoms with Crippen LogP contribution in [0.3, 0.4) is 0 Å². The fraction of sp³-hybridized carbons (Fsp3) is 0.286.